The van der Waals surface area contributed by atoms with E-state index in [1.54, 1.807) is 6.92 Å². The molecule has 4 heteroatoms. The number of rotatable bonds is 5. The molecule has 0 heterocycles. The van der Waals surface area contributed by atoms with E-state index < -0.39 is 6.10 Å². The Hall–Kier alpha value is -0.610. The zero-order valence-electron chi connectivity index (χ0n) is 8.12. The van der Waals surface area contributed by atoms with E-state index in [0.29, 0.717) is 12.5 Å². The first kappa shape index (κ1) is 10.5. The molecule has 1 fully saturated rings. The predicted molar refractivity (Wildman–Crippen MR) is 48.2 cm³/mol. The lowest BCUT2D eigenvalue weighted by atomic mass is 10.2. The van der Waals surface area contributed by atoms with Crippen molar-refractivity contribution in [2.45, 2.75) is 31.9 Å². The zero-order valence-corrected chi connectivity index (χ0v) is 8.12. The normalized spacial score (nSPS) is 20.8. The number of nitrogens with one attached hydrogen (secondary N) is 1. The summed E-state index contributed by atoms with van der Waals surface area (Å²) in [6.45, 7) is 2.13. The van der Waals surface area contributed by atoms with Crippen molar-refractivity contribution in [2.75, 3.05) is 13.7 Å². The van der Waals surface area contributed by atoms with Gasteiger partial charge in [0.1, 0.15) is 6.04 Å². The molecule has 4 nitrogen and oxygen atoms in total. The third-order valence-electron chi connectivity index (χ3n) is 2.18. The Morgan fingerprint density at radius 1 is 1.69 bits per heavy atom. The number of esters is 1. The number of hydrogen-bond acceptors (Lipinski definition) is 4. The van der Waals surface area contributed by atoms with Crippen molar-refractivity contribution in [3.8, 4) is 0 Å². The van der Waals surface area contributed by atoms with E-state index in [1.165, 1.54) is 7.11 Å². The maximum absolute atomic E-state index is 11.2. The van der Waals surface area contributed by atoms with Crippen LogP contribution in [0.4, 0.5) is 0 Å². The Labute approximate surface area is 78.3 Å². The average Bonchev–Trinajstić information content (AvgIpc) is 2.87. The lowest BCUT2D eigenvalue weighted by Gasteiger charge is -2.16. The van der Waals surface area contributed by atoms with Crippen molar-refractivity contribution in [2.24, 2.45) is 5.92 Å². The minimum absolute atomic E-state index is 0.219. The molecule has 2 unspecified atom stereocenters. The van der Waals surface area contributed by atoms with Crippen LogP contribution in [-0.2, 0) is 9.53 Å². The van der Waals surface area contributed by atoms with Gasteiger partial charge in [-0.15, -0.1) is 0 Å². The molecule has 1 aliphatic carbocycles. The summed E-state index contributed by atoms with van der Waals surface area (Å²) in [5, 5.41) is 12.1. The molecular formula is C9H17NO3. The summed E-state index contributed by atoms with van der Waals surface area (Å²) in [5.74, 6) is 0.189. The fourth-order valence-corrected chi connectivity index (χ4v) is 1.30. The molecule has 0 spiro atoms. The number of ether oxygens (including phenoxy) is 1. The fourth-order valence-electron chi connectivity index (χ4n) is 1.30. The van der Waals surface area contributed by atoms with Crippen molar-refractivity contribution < 1.29 is 14.6 Å². The highest BCUT2D eigenvalue weighted by Crippen LogP contribution is 2.33. The van der Waals surface area contributed by atoms with E-state index in [1.807, 2.05) is 0 Å². The molecule has 2 atom stereocenters. The van der Waals surface area contributed by atoms with E-state index in [2.05, 4.69) is 10.1 Å². The van der Waals surface area contributed by atoms with Gasteiger partial charge in [0.2, 0.25) is 0 Å². The summed E-state index contributed by atoms with van der Waals surface area (Å²) < 4.78 is 4.66. The first-order chi connectivity index (χ1) is 6.15. The molecule has 2 N–H and O–H groups in total. The highest BCUT2D eigenvalue weighted by Gasteiger charge is 2.36. The fraction of sp³-hybridized carbons (Fsp3) is 0.889. The molecule has 0 radical (unpaired) electrons. The second-order valence-electron chi connectivity index (χ2n) is 3.60. The van der Waals surface area contributed by atoms with Gasteiger partial charge >= 0.3 is 5.97 Å². The molecule has 0 amide bonds. The monoisotopic (exact) mass is 187 g/mol. The molecule has 0 saturated heterocycles. The van der Waals surface area contributed by atoms with E-state index in [0.717, 1.165) is 12.8 Å². The van der Waals surface area contributed by atoms with Crippen molar-refractivity contribution in [1.82, 2.24) is 5.32 Å². The van der Waals surface area contributed by atoms with Gasteiger partial charge in [0, 0.05) is 6.54 Å². The molecular weight excluding hydrogens is 170 g/mol. The van der Waals surface area contributed by atoms with Crippen LogP contribution in [0.2, 0.25) is 0 Å². The Bertz CT molecular complexity index is 178. The summed E-state index contributed by atoms with van der Waals surface area (Å²) >= 11 is 0. The quantitative estimate of drug-likeness (QED) is 0.590. The lowest BCUT2D eigenvalue weighted by molar-refractivity contribution is -0.143. The summed E-state index contributed by atoms with van der Waals surface area (Å²) in [6.07, 6.45) is 1.73. The highest BCUT2D eigenvalue weighted by atomic mass is 16.5. The van der Waals surface area contributed by atoms with Crippen molar-refractivity contribution in [3.05, 3.63) is 0 Å². The van der Waals surface area contributed by atoms with Crippen molar-refractivity contribution in [3.63, 3.8) is 0 Å². The van der Waals surface area contributed by atoms with Crippen molar-refractivity contribution >= 4 is 5.97 Å². The third kappa shape index (κ3) is 3.32. The van der Waals surface area contributed by atoms with E-state index in [-0.39, 0.29) is 12.0 Å². The van der Waals surface area contributed by atoms with Gasteiger partial charge in [0.05, 0.1) is 13.2 Å². The molecule has 13 heavy (non-hydrogen) atoms. The van der Waals surface area contributed by atoms with Crippen molar-refractivity contribution in [1.29, 1.82) is 0 Å². The minimum Gasteiger partial charge on any atom is -0.468 e. The van der Waals surface area contributed by atoms with Gasteiger partial charge in [-0.25, -0.2) is 0 Å². The summed E-state index contributed by atoms with van der Waals surface area (Å²) in [5.41, 5.74) is 0. The summed E-state index contributed by atoms with van der Waals surface area (Å²) in [4.78, 5) is 11.2. The molecule has 0 aromatic carbocycles. The first-order valence-electron chi connectivity index (χ1n) is 4.64. The van der Waals surface area contributed by atoms with Gasteiger partial charge in [0.15, 0.2) is 0 Å². The van der Waals surface area contributed by atoms with E-state index in [4.69, 9.17) is 5.11 Å². The van der Waals surface area contributed by atoms with Gasteiger partial charge in [-0.3, -0.25) is 4.79 Å². The lowest BCUT2D eigenvalue weighted by Crippen LogP contribution is -2.42. The van der Waals surface area contributed by atoms with E-state index >= 15 is 0 Å². The van der Waals surface area contributed by atoms with Crippen LogP contribution in [0.1, 0.15) is 19.8 Å². The van der Waals surface area contributed by atoms with Crippen LogP contribution < -0.4 is 5.32 Å². The molecule has 0 bridgehead atoms. The maximum atomic E-state index is 11.2. The summed E-state index contributed by atoms with van der Waals surface area (Å²) in [7, 11) is 1.39. The number of carbonyl (C=O) groups excluding carboxylic acids is 1. The standard InChI is InChI=1S/C9H17NO3/c1-6(11)5-10-8(7-3-4-7)9(12)13-2/h6-8,10-11H,3-5H2,1-2H3. The Morgan fingerprint density at radius 3 is 2.69 bits per heavy atom. The Kier molecular flexibility index (Phi) is 3.69. The largest absolute Gasteiger partial charge is 0.468 e. The average molecular weight is 187 g/mol. The number of methoxy groups -OCH3 is 1. The van der Waals surface area contributed by atoms with Gasteiger partial charge in [0.25, 0.3) is 0 Å². The van der Waals surface area contributed by atoms with Crippen LogP contribution in [0, 0.1) is 5.92 Å². The molecule has 1 aliphatic rings. The van der Waals surface area contributed by atoms with Crippen LogP contribution in [0.3, 0.4) is 0 Å². The molecule has 0 aliphatic heterocycles. The second-order valence-corrected chi connectivity index (χ2v) is 3.60. The van der Waals surface area contributed by atoms with Crippen LogP contribution in [0.5, 0.6) is 0 Å². The number of aliphatic hydroxyl groups excluding tert-OH is 1. The Balaban J connectivity index is 2.33. The number of carbonyl (C=O) groups is 1. The van der Waals surface area contributed by atoms with Crippen LogP contribution >= 0.6 is 0 Å². The SMILES string of the molecule is COC(=O)C(NCC(C)O)C1CC1. The van der Waals surface area contributed by atoms with Gasteiger partial charge in [-0.2, -0.15) is 0 Å². The predicted octanol–water partition coefficient (Wildman–Crippen LogP) is -0.0916. The van der Waals surface area contributed by atoms with Crippen LogP contribution in [-0.4, -0.2) is 36.9 Å². The van der Waals surface area contributed by atoms with Crippen LogP contribution in [0.25, 0.3) is 0 Å². The molecule has 1 rings (SSSR count). The second kappa shape index (κ2) is 4.58. The molecule has 0 aromatic rings. The van der Waals surface area contributed by atoms with Gasteiger partial charge in [-0.1, -0.05) is 0 Å². The minimum atomic E-state index is -0.425. The maximum Gasteiger partial charge on any atom is 0.323 e. The smallest absolute Gasteiger partial charge is 0.323 e. The summed E-state index contributed by atoms with van der Waals surface area (Å²) in [6, 6.07) is -0.223. The molecule has 76 valence electrons. The molecule has 1 saturated carbocycles. The van der Waals surface area contributed by atoms with Crippen LogP contribution in [0.15, 0.2) is 0 Å². The van der Waals surface area contributed by atoms with E-state index in [9.17, 15) is 4.79 Å². The zero-order chi connectivity index (χ0) is 9.84. The number of hydrogen-bond donors (Lipinski definition) is 2. The number of aliphatic hydroxyl groups is 1. The third-order valence-corrected chi connectivity index (χ3v) is 2.18. The first-order valence-corrected chi connectivity index (χ1v) is 4.64. The molecule has 0 aromatic heterocycles. The topological polar surface area (TPSA) is 58.6 Å². The van der Waals surface area contributed by atoms with Gasteiger partial charge < -0.3 is 15.2 Å². The Morgan fingerprint density at radius 2 is 2.31 bits per heavy atom. The highest BCUT2D eigenvalue weighted by molar-refractivity contribution is 5.76. The van der Waals surface area contributed by atoms with Gasteiger partial charge in [-0.05, 0) is 25.7 Å².